The van der Waals surface area contributed by atoms with Gasteiger partial charge in [-0.15, -0.1) is 0 Å². The van der Waals surface area contributed by atoms with Crippen molar-refractivity contribution >= 4 is 0 Å². The van der Waals surface area contributed by atoms with Crippen LogP contribution in [0.2, 0.25) is 0 Å². The van der Waals surface area contributed by atoms with Crippen LogP contribution in [0.1, 0.15) is 49.3 Å². The molecule has 1 aromatic carbocycles. The van der Waals surface area contributed by atoms with Gasteiger partial charge >= 0.3 is 0 Å². The molecule has 1 aromatic rings. The highest BCUT2D eigenvalue weighted by molar-refractivity contribution is 5.29. The zero-order valence-electron chi connectivity index (χ0n) is 12.2. The summed E-state index contributed by atoms with van der Waals surface area (Å²) in [6.07, 6.45) is 6.00. The van der Waals surface area contributed by atoms with Gasteiger partial charge in [-0.25, -0.2) is 4.39 Å². The van der Waals surface area contributed by atoms with Crippen LogP contribution in [0.4, 0.5) is 4.39 Å². The fourth-order valence-electron chi connectivity index (χ4n) is 3.37. The summed E-state index contributed by atoms with van der Waals surface area (Å²) in [5.41, 5.74) is 8.31. The van der Waals surface area contributed by atoms with Crippen LogP contribution in [0.5, 0.6) is 0 Å². The van der Waals surface area contributed by atoms with Crippen molar-refractivity contribution in [3.05, 3.63) is 35.1 Å². The van der Waals surface area contributed by atoms with Crippen molar-refractivity contribution in [2.45, 2.75) is 50.6 Å². The second-order valence-corrected chi connectivity index (χ2v) is 6.04. The lowest BCUT2D eigenvalue weighted by Gasteiger charge is -2.47. The molecule has 0 radical (unpaired) electrons. The monoisotopic (exact) mass is 264 g/mol. The number of hydrogen-bond acceptors (Lipinski definition) is 2. The molecule has 0 spiro atoms. The van der Waals surface area contributed by atoms with Crippen molar-refractivity contribution in [2.75, 3.05) is 14.1 Å². The molecule has 1 unspecified atom stereocenters. The Kier molecular flexibility index (Phi) is 4.26. The van der Waals surface area contributed by atoms with Crippen LogP contribution >= 0.6 is 0 Å². The fourth-order valence-corrected chi connectivity index (χ4v) is 3.37. The van der Waals surface area contributed by atoms with Gasteiger partial charge in [-0.1, -0.05) is 31.4 Å². The van der Waals surface area contributed by atoms with Crippen LogP contribution in [0, 0.1) is 12.7 Å². The Morgan fingerprint density at radius 1 is 1.21 bits per heavy atom. The van der Waals surface area contributed by atoms with E-state index < -0.39 is 0 Å². The van der Waals surface area contributed by atoms with Gasteiger partial charge in [-0.3, -0.25) is 0 Å². The molecule has 1 aliphatic rings. The van der Waals surface area contributed by atoms with Crippen molar-refractivity contribution in [3.8, 4) is 0 Å². The predicted molar refractivity (Wildman–Crippen MR) is 77.6 cm³/mol. The highest BCUT2D eigenvalue weighted by Crippen LogP contribution is 2.40. The zero-order chi connectivity index (χ0) is 14.0. The second kappa shape index (κ2) is 5.59. The van der Waals surface area contributed by atoms with Gasteiger partial charge in [0.2, 0.25) is 0 Å². The lowest BCUT2D eigenvalue weighted by atomic mass is 9.73. The summed E-state index contributed by atoms with van der Waals surface area (Å²) in [6, 6.07) is 5.23. The summed E-state index contributed by atoms with van der Waals surface area (Å²) in [5, 5.41) is 0. The van der Waals surface area contributed by atoms with Gasteiger partial charge in [-0.05, 0) is 51.1 Å². The third kappa shape index (κ3) is 2.67. The van der Waals surface area contributed by atoms with E-state index in [0.717, 1.165) is 18.4 Å². The number of nitrogens with two attached hydrogens (primary N) is 1. The number of aryl methyl sites for hydroxylation is 1. The number of rotatable bonds is 3. The lowest BCUT2D eigenvalue weighted by Crippen LogP contribution is -2.53. The van der Waals surface area contributed by atoms with Crippen molar-refractivity contribution in [1.82, 2.24) is 4.90 Å². The zero-order valence-corrected chi connectivity index (χ0v) is 12.2. The first-order valence-corrected chi connectivity index (χ1v) is 7.16. The molecule has 1 atom stereocenters. The van der Waals surface area contributed by atoms with Crippen LogP contribution < -0.4 is 5.73 Å². The Balaban J connectivity index is 2.33. The van der Waals surface area contributed by atoms with E-state index in [9.17, 15) is 4.39 Å². The molecule has 0 amide bonds. The molecular formula is C16H25FN2. The standard InChI is InChI=1S/C16H25FN2/c1-12-11-13(7-8-14(12)17)15(18)16(19(2)3)9-5-4-6-10-16/h7-8,11,15H,4-6,9-10,18H2,1-3H3. The minimum atomic E-state index is -0.154. The van der Waals surface area contributed by atoms with Gasteiger partial charge in [0.15, 0.2) is 0 Å². The first kappa shape index (κ1) is 14.5. The molecule has 0 bridgehead atoms. The molecule has 2 N–H and O–H groups in total. The first-order chi connectivity index (χ1) is 8.97. The van der Waals surface area contributed by atoms with Crippen LogP contribution in [0.15, 0.2) is 18.2 Å². The van der Waals surface area contributed by atoms with E-state index >= 15 is 0 Å². The number of halogens is 1. The Hall–Kier alpha value is -0.930. The summed E-state index contributed by atoms with van der Waals surface area (Å²) < 4.78 is 13.4. The minimum absolute atomic E-state index is 0.0164. The average molecular weight is 264 g/mol. The maximum atomic E-state index is 13.4. The minimum Gasteiger partial charge on any atom is -0.322 e. The molecule has 0 heterocycles. The molecule has 2 rings (SSSR count). The Morgan fingerprint density at radius 3 is 2.37 bits per heavy atom. The van der Waals surface area contributed by atoms with Crippen LogP contribution in [-0.2, 0) is 0 Å². The maximum Gasteiger partial charge on any atom is 0.126 e. The summed E-state index contributed by atoms with van der Waals surface area (Å²) >= 11 is 0. The van der Waals surface area contributed by atoms with Crippen LogP contribution in [-0.4, -0.2) is 24.5 Å². The molecule has 3 heteroatoms. The van der Waals surface area contributed by atoms with E-state index in [1.54, 1.807) is 6.92 Å². The number of benzene rings is 1. The summed E-state index contributed by atoms with van der Waals surface area (Å²) in [6.45, 7) is 1.80. The van der Waals surface area contributed by atoms with Gasteiger partial charge in [0.25, 0.3) is 0 Å². The maximum absolute atomic E-state index is 13.4. The van der Waals surface area contributed by atoms with Crippen molar-refractivity contribution in [2.24, 2.45) is 5.73 Å². The van der Waals surface area contributed by atoms with Gasteiger partial charge in [0.05, 0.1) is 0 Å². The van der Waals surface area contributed by atoms with Gasteiger partial charge in [0.1, 0.15) is 5.82 Å². The summed E-state index contributed by atoms with van der Waals surface area (Å²) in [5.74, 6) is -0.154. The Morgan fingerprint density at radius 2 is 1.84 bits per heavy atom. The molecule has 0 aliphatic heterocycles. The molecule has 1 fully saturated rings. The molecule has 106 valence electrons. The third-order valence-electron chi connectivity index (χ3n) is 4.73. The fraction of sp³-hybridized carbons (Fsp3) is 0.625. The summed E-state index contributed by atoms with van der Waals surface area (Å²) in [4.78, 5) is 2.27. The van der Waals surface area contributed by atoms with Gasteiger partial charge < -0.3 is 10.6 Å². The quantitative estimate of drug-likeness (QED) is 0.906. The summed E-state index contributed by atoms with van der Waals surface area (Å²) in [7, 11) is 4.23. The molecule has 1 saturated carbocycles. The third-order valence-corrected chi connectivity index (χ3v) is 4.73. The van der Waals surface area contributed by atoms with Crippen LogP contribution in [0.3, 0.4) is 0 Å². The topological polar surface area (TPSA) is 29.3 Å². The molecule has 19 heavy (non-hydrogen) atoms. The number of likely N-dealkylation sites (N-methyl/N-ethyl adjacent to an activating group) is 1. The van der Waals surface area contributed by atoms with Crippen molar-refractivity contribution < 1.29 is 4.39 Å². The van der Waals surface area contributed by atoms with E-state index in [1.807, 2.05) is 12.1 Å². The smallest absolute Gasteiger partial charge is 0.126 e. The SMILES string of the molecule is Cc1cc(C(N)C2(N(C)C)CCCCC2)ccc1F. The van der Waals surface area contributed by atoms with E-state index in [0.29, 0.717) is 5.56 Å². The highest BCUT2D eigenvalue weighted by Gasteiger charge is 2.40. The van der Waals surface area contributed by atoms with Gasteiger partial charge in [-0.2, -0.15) is 0 Å². The Bertz CT molecular complexity index is 436. The normalized spacial score (nSPS) is 20.5. The van der Waals surface area contributed by atoms with E-state index in [4.69, 9.17) is 5.73 Å². The Labute approximate surface area is 115 Å². The molecule has 0 aromatic heterocycles. The number of nitrogens with zero attached hydrogens (tertiary/aromatic N) is 1. The molecule has 2 nitrogen and oxygen atoms in total. The lowest BCUT2D eigenvalue weighted by molar-refractivity contribution is 0.0713. The van der Waals surface area contributed by atoms with E-state index in [2.05, 4.69) is 19.0 Å². The average Bonchev–Trinajstić information content (AvgIpc) is 2.41. The molecule has 1 aliphatic carbocycles. The predicted octanol–water partition coefficient (Wildman–Crippen LogP) is 3.40. The largest absolute Gasteiger partial charge is 0.322 e. The molecule has 0 saturated heterocycles. The molecular weight excluding hydrogens is 239 g/mol. The van der Waals surface area contributed by atoms with Crippen molar-refractivity contribution in [1.29, 1.82) is 0 Å². The van der Waals surface area contributed by atoms with E-state index in [-0.39, 0.29) is 17.4 Å². The number of hydrogen-bond donors (Lipinski definition) is 1. The first-order valence-electron chi connectivity index (χ1n) is 7.16. The highest BCUT2D eigenvalue weighted by atomic mass is 19.1. The van der Waals surface area contributed by atoms with Crippen molar-refractivity contribution in [3.63, 3.8) is 0 Å². The van der Waals surface area contributed by atoms with Crippen LogP contribution in [0.25, 0.3) is 0 Å². The van der Waals surface area contributed by atoms with E-state index in [1.165, 1.54) is 25.3 Å². The second-order valence-electron chi connectivity index (χ2n) is 6.04. The van der Waals surface area contributed by atoms with Gasteiger partial charge in [0, 0.05) is 11.6 Å².